The van der Waals surface area contributed by atoms with Gasteiger partial charge in [-0.3, -0.25) is 0 Å². The minimum atomic E-state index is -0.634. The highest BCUT2D eigenvalue weighted by atomic mass is 32.1. The molecule has 11 nitrogen and oxygen atoms in total. The first-order valence-electron chi connectivity index (χ1n) is 19.3. The molecule has 12 heteroatoms. The monoisotopic (exact) mass is 796 g/mol. The molecule has 6 heterocycles. The Morgan fingerprint density at radius 3 is 1.82 bits per heavy atom. The lowest BCUT2D eigenvalue weighted by Gasteiger charge is -2.32. The Morgan fingerprint density at radius 2 is 1.23 bits per heavy atom. The minimum absolute atomic E-state index is 0.128. The lowest BCUT2D eigenvalue weighted by molar-refractivity contribution is -0.0505. The van der Waals surface area contributed by atoms with Crippen LogP contribution in [-0.2, 0) is 14.2 Å². The summed E-state index contributed by atoms with van der Waals surface area (Å²) < 4.78 is 17.1. The summed E-state index contributed by atoms with van der Waals surface area (Å²) in [6, 6.07) is 20.8. The Labute approximate surface area is 337 Å². The number of benzene rings is 3. The van der Waals surface area contributed by atoms with Crippen LogP contribution in [0, 0.1) is 13.8 Å². The minimum Gasteiger partial charge on any atom is -0.394 e. The van der Waals surface area contributed by atoms with Gasteiger partial charge in [-0.05, 0) is 76.5 Å². The number of thiophene rings is 1. The maximum atomic E-state index is 9.84. The highest BCUT2D eigenvalue weighted by Gasteiger charge is 2.39. The molecular weight excluding hydrogens is 745 g/mol. The molecule has 0 saturated carbocycles. The summed E-state index contributed by atoms with van der Waals surface area (Å²) in [6.45, 7) is 11.9. The van der Waals surface area contributed by atoms with E-state index in [-0.39, 0.29) is 38.4 Å². The van der Waals surface area contributed by atoms with Crippen LogP contribution in [0.2, 0.25) is 0 Å². The van der Waals surface area contributed by atoms with Crippen molar-refractivity contribution < 1.29 is 44.8 Å². The van der Waals surface area contributed by atoms with Crippen LogP contribution in [0.15, 0.2) is 91.6 Å². The van der Waals surface area contributed by atoms with Crippen molar-refractivity contribution in [3.05, 3.63) is 130 Å². The number of ether oxygens (including phenoxy) is 3. The molecule has 0 spiro atoms. The quantitative estimate of drug-likeness (QED) is 0.146. The van der Waals surface area contributed by atoms with E-state index in [4.69, 9.17) is 29.5 Å². The molecule has 57 heavy (non-hydrogen) atoms. The number of aliphatic hydroxyl groups is 6. The van der Waals surface area contributed by atoms with Gasteiger partial charge in [0, 0.05) is 42.9 Å². The SMILES string of the molecule is C=C1c2ccc(C)cc2C=CN1[C@H]1C[C@@H](O)[C@@H](CO)O1.C=C1c2sccc2C=CN1[C@H]1C[C@@H](O)[C@@H](CO)O1.Cc1cc2ccccc2cc1[C@H]1C[C@@H](O)[C@@H](CO)O1. The van der Waals surface area contributed by atoms with Gasteiger partial charge in [0.1, 0.15) is 30.8 Å². The normalized spacial score (nSPS) is 28.9. The fourth-order valence-corrected chi connectivity index (χ4v) is 8.84. The van der Waals surface area contributed by atoms with Gasteiger partial charge in [0.05, 0.1) is 54.8 Å². The van der Waals surface area contributed by atoms with Gasteiger partial charge < -0.3 is 54.6 Å². The molecule has 3 fully saturated rings. The highest BCUT2D eigenvalue weighted by Crippen LogP contribution is 2.39. The van der Waals surface area contributed by atoms with E-state index in [2.05, 4.69) is 75.5 Å². The molecule has 0 bridgehead atoms. The summed E-state index contributed by atoms with van der Waals surface area (Å²) in [5.74, 6) is 0. The first-order valence-corrected chi connectivity index (χ1v) is 20.2. The van der Waals surface area contributed by atoms with E-state index in [1.165, 1.54) is 21.9 Å². The zero-order valence-electron chi connectivity index (χ0n) is 32.2. The van der Waals surface area contributed by atoms with E-state index in [0.717, 1.165) is 38.5 Å². The summed E-state index contributed by atoms with van der Waals surface area (Å²) >= 11 is 1.64. The van der Waals surface area contributed by atoms with Crippen molar-refractivity contribution in [2.24, 2.45) is 0 Å². The number of hydrogen-bond acceptors (Lipinski definition) is 12. The largest absolute Gasteiger partial charge is 0.394 e. The van der Waals surface area contributed by atoms with Crippen LogP contribution in [0.5, 0.6) is 0 Å². The molecule has 0 aliphatic carbocycles. The second-order valence-corrected chi connectivity index (χ2v) is 16.0. The van der Waals surface area contributed by atoms with Crippen molar-refractivity contribution >= 4 is 45.7 Å². The van der Waals surface area contributed by atoms with Crippen LogP contribution in [0.4, 0.5) is 0 Å². The smallest absolute Gasteiger partial charge is 0.137 e. The van der Waals surface area contributed by atoms with Crippen LogP contribution >= 0.6 is 11.3 Å². The zero-order chi connectivity index (χ0) is 40.4. The van der Waals surface area contributed by atoms with Gasteiger partial charge in [-0.2, -0.15) is 0 Å². The van der Waals surface area contributed by atoms with Gasteiger partial charge in [0.15, 0.2) is 0 Å². The molecule has 302 valence electrons. The molecule has 9 atom stereocenters. The van der Waals surface area contributed by atoms with Gasteiger partial charge in [0.25, 0.3) is 0 Å². The maximum absolute atomic E-state index is 9.84. The van der Waals surface area contributed by atoms with Gasteiger partial charge in [-0.25, -0.2) is 0 Å². The Bertz CT molecular complexity index is 2130. The molecule has 4 aromatic rings. The molecule has 0 radical (unpaired) electrons. The molecule has 1 aromatic heterocycles. The summed E-state index contributed by atoms with van der Waals surface area (Å²) in [6.07, 6.45) is 5.43. The van der Waals surface area contributed by atoms with Gasteiger partial charge in [0.2, 0.25) is 0 Å². The van der Waals surface area contributed by atoms with Crippen molar-refractivity contribution in [1.29, 1.82) is 0 Å². The van der Waals surface area contributed by atoms with E-state index in [1.807, 2.05) is 51.9 Å². The lowest BCUT2D eigenvalue weighted by atomic mass is 9.96. The third-order valence-electron chi connectivity index (χ3n) is 11.2. The third-order valence-corrected chi connectivity index (χ3v) is 12.2. The Balaban J connectivity index is 0.000000131. The molecule has 0 amide bonds. The molecular formula is C45H52N2O9S. The number of rotatable bonds is 6. The Hall–Kier alpha value is -4.18. The Kier molecular flexibility index (Phi) is 12.8. The van der Waals surface area contributed by atoms with Crippen LogP contribution in [0.25, 0.3) is 34.3 Å². The first kappa shape index (κ1) is 41.0. The number of aryl methyl sites for hydroxylation is 2. The maximum Gasteiger partial charge on any atom is 0.137 e. The fraction of sp³-hybridized carbons (Fsp3) is 0.378. The lowest BCUT2D eigenvalue weighted by Crippen LogP contribution is -2.31. The average molecular weight is 797 g/mol. The molecule has 5 aliphatic rings. The van der Waals surface area contributed by atoms with E-state index in [1.54, 1.807) is 11.3 Å². The number of hydrogen-bond donors (Lipinski definition) is 6. The molecule has 5 aliphatic heterocycles. The molecule has 3 saturated heterocycles. The second kappa shape index (κ2) is 17.8. The average Bonchev–Trinajstić information content (AvgIpc) is 4.01. The van der Waals surface area contributed by atoms with Gasteiger partial charge >= 0.3 is 0 Å². The van der Waals surface area contributed by atoms with Gasteiger partial charge in [-0.15, -0.1) is 11.3 Å². The highest BCUT2D eigenvalue weighted by molar-refractivity contribution is 7.11. The van der Waals surface area contributed by atoms with Gasteiger partial charge in [-0.1, -0.05) is 67.3 Å². The van der Waals surface area contributed by atoms with Crippen LogP contribution in [-0.4, -0.2) is 109 Å². The summed E-state index contributed by atoms with van der Waals surface area (Å²) in [4.78, 5) is 4.98. The summed E-state index contributed by atoms with van der Waals surface area (Å²) in [5.41, 5.74) is 8.60. The standard InChI is InChI=1S/C16H19NO3.C16H18O3.C13H15NO3S/c1-10-3-4-13-11(2)17(6-5-12(13)7-10)16-8-14(19)15(9-18)20-16;1-10-6-11-4-2-3-5-12(11)7-13(10)15-8-14(18)16(9-17)19-15;1-8-13-9(3-5-18-13)2-4-14(8)12-6-10(16)11(7-15)17-12/h3-7,14-16,18-19H,2,8-9H2,1H3;2-7,14-18H,8-9H2,1H3;2-5,10-12,15-16H,1,6-7H2/t2*14-,15-,16-;10-,11-,12-/m111/s1. The van der Waals surface area contributed by atoms with E-state index in [0.29, 0.717) is 19.3 Å². The van der Waals surface area contributed by atoms with Crippen LogP contribution in [0.3, 0.4) is 0 Å². The van der Waals surface area contributed by atoms with Crippen molar-refractivity contribution in [2.45, 2.75) is 88.3 Å². The fourth-order valence-electron chi connectivity index (χ4n) is 7.98. The topological polar surface area (TPSA) is 156 Å². The predicted octanol–water partition coefficient (Wildman–Crippen LogP) is 5.52. The van der Waals surface area contributed by atoms with Crippen LogP contribution < -0.4 is 0 Å². The Morgan fingerprint density at radius 1 is 0.667 bits per heavy atom. The van der Waals surface area contributed by atoms with Crippen molar-refractivity contribution in [2.75, 3.05) is 19.8 Å². The van der Waals surface area contributed by atoms with Crippen molar-refractivity contribution in [3.8, 4) is 0 Å². The molecule has 9 rings (SSSR count). The van der Waals surface area contributed by atoms with Crippen molar-refractivity contribution in [3.63, 3.8) is 0 Å². The summed E-state index contributed by atoms with van der Waals surface area (Å²) in [7, 11) is 0. The second-order valence-electron chi connectivity index (χ2n) is 15.1. The number of fused-ring (bicyclic) bond motifs is 3. The molecule has 0 unspecified atom stereocenters. The summed E-state index contributed by atoms with van der Waals surface area (Å²) in [5, 5.41) is 61.3. The van der Waals surface area contributed by atoms with E-state index < -0.39 is 36.6 Å². The first-order chi connectivity index (χ1) is 27.5. The third kappa shape index (κ3) is 8.67. The molecule has 6 N–H and O–H groups in total. The van der Waals surface area contributed by atoms with E-state index >= 15 is 0 Å². The van der Waals surface area contributed by atoms with E-state index in [9.17, 15) is 15.3 Å². The number of nitrogens with zero attached hydrogens (tertiary/aromatic N) is 2. The van der Waals surface area contributed by atoms with Crippen LogP contribution in [0.1, 0.15) is 63.6 Å². The molecule has 3 aromatic carbocycles. The zero-order valence-corrected chi connectivity index (χ0v) is 33.0. The van der Waals surface area contributed by atoms with Crippen molar-refractivity contribution in [1.82, 2.24) is 9.80 Å². The predicted molar refractivity (Wildman–Crippen MR) is 222 cm³/mol. The number of aliphatic hydroxyl groups excluding tert-OH is 6.